The van der Waals surface area contributed by atoms with Gasteiger partial charge in [-0.1, -0.05) is 18.2 Å². The molecule has 218 valence electrons. The summed E-state index contributed by atoms with van der Waals surface area (Å²) < 4.78 is 7.64. The number of aryl methyl sites for hydroxylation is 1. The molecule has 2 N–H and O–H groups in total. The number of para-hydroxylation sites is 1. The molecule has 0 aliphatic carbocycles. The third-order valence-corrected chi connectivity index (χ3v) is 7.13. The molecule has 13 heteroatoms. The number of hydrogen-bond donors (Lipinski definition) is 1. The van der Waals surface area contributed by atoms with Gasteiger partial charge in [0.2, 0.25) is 5.75 Å². The van der Waals surface area contributed by atoms with Crippen LogP contribution in [0.15, 0.2) is 89.5 Å². The lowest BCUT2D eigenvalue weighted by Crippen LogP contribution is -2.40. The number of nitro benzene ring substituents is 2. The molecule has 3 aromatic carbocycles. The summed E-state index contributed by atoms with van der Waals surface area (Å²) in [6, 6.07) is 25.4. The molecule has 44 heavy (non-hydrogen) atoms. The molecule has 0 radical (unpaired) electrons. The minimum atomic E-state index is -0.816. The zero-order valence-corrected chi connectivity index (χ0v) is 23.5. The van der Waals surface area contributed by atoms with Gasteiger partial charge in [-0.2, -0.15) is 15.6 Å². The van der Waals surface area contributed by atoms with Crippen molar-refractivity contribution in [2.24, 2.45) is 16.8 Å². The van der Waals surface area contributed by atoms with Gasteiger partial charge in [-0.25, -0.2) is 5.01 Å². The molecular weight excluding hydrogens is 564 g/mol. The Morgan fingerprint density at radius 3 is 2.30 bits per heavy atom. The van der Waals surface area contributed by atoms with Gasteiger partial charge >= 0.3 is 5.69 Å². The monoisotopic (exact) mass is 588 g/mol. The normalized spacial score (nSPS) is 16.2. The van der Waals surface area contributed by atoms with Gasteiger partial charge in [0, 0.05) is 23.1 Å². The van der Waals surface area contributed by atoms with Gasteiger partial charge in [0.25, 0.3) is 5.69 Å². The Morgan fingerprint density at radius 2 is 1.68 bits per heavy atom. The number of aromatic nitrogens is 1. The third-order valence-electron chi connectivity index (χ3n) is 7.13. The predicted octanol–water partition coefficient (Wildman–Crippen LogP) is 5.91. The van der Waals surface area contributed by atoms with Crippen LogP contribution in [0.2, 0.25) is 0 Å². The number of nitrogens with two attached hydrogens (primary N) is 1. The molecule has 2 heterocycles. The van der Waals surface area contributed by atoms with Crippen molar-refractivity contribution in [2.75, 3.05) is 5.01 Å². The Hall–Kier alpha value is -6.31. The van der Waals surface area contributed by atoms with Crippen molar-refractivity contribution >= 4 is 28.8 Å². The minimum absolute atomic E-state index is 0.130. The number of rotatable bonds is 8. The topological polar surface area (TPSA) is 190 Å². The Morgan fingerprint density at radius 1 is 0.977 bits per heavy atom. The average Bonchev–Trinajstić information content (AvgIpc) is 3.50. The van der Waals surface area contributed by atoms with Crippen LogP contribution >= 0.6 is 0 Å². The lowest BCUT2D eigenvalue weighted by molar-refractivity contribution is -0.394. The summed E-state index contributed by atoms with van der Waals surface area (Å²) in [5.74, 6) is -0.654. The Labute approximate surface area is 251 Å². The molecule has 0 saturated heterocycles. The number of nitrogens with zero attached hydrogens (tertiary/aromatic N) is 7. The van der Waals surface area contributed by atoms with Crippen LogP contribution in [0, 0.1) is 62.7 Å². The smallest absolute Gasteiger partial charge is 0.318 e. The van der Waals surface area contributed by atoms with Gasteiger partial charge in [-0.05, 0) is 74.0 Å². The van der Waals surface area contributed by atoms with Crippen LogP contribution in [-0.2, 0) is 0 Å². The van der Waals surface area contributed by atoms with Crippen molar-refractivity contribution < 1.29 is 14.6 Å². The highest BCUT2D eigenvalue weighted by atomic mass is 16.6. The number of ether oxygens (including phenoxy) is 1. The molecule has 5 rings (SSSR count). The van der Waals surface area contributed by atoms with Crippen molar-refractivity contribution in [3.05, 3.63) is 122 Å². The summed E-state index contributed by atoms with van der Waals surface area (Å²) in [5.41, 5.74) is 9.81. The van der Waals surface area contributed by atoms with E-state index in [2.05, 4.69) is 17.2 Å². The van der Waals surface area contributed by atoms with Crippen LogP contribution < -0.4 is 15.5 Å². The van der Waals surface area contributed by atoms with E-state index >= 15 is 0 Å². The highest BCUT2D eigenvalue weighted by molar-refractivity contribution is 6.11. The quantitative estimate of drug-likeness (QED) is 0.148. The SMILES string of the molecule is Cc1cc(/C=C(/C#N)C2=NN(c3ccccc3)[C@H](N)[C@@H]2C#N)c(C)n1-c1ccc(Oc2ccc([N+](=O)[O-])cc2[N+](=O)[O-])cc1. The lowest BCUT2D eigenvalue weighted by atomic mass is 9.95. The number of nitriles is 2. The lowest BCUT2D eigenvalue weighted by Gasteiger charge is -2.21. The standard InChI is InChI=1S/C31H24N8O5/c1-19-14-21(15-22(17-32)30-27(18-33)31(34)37(35-30)24-6-4-3-5-7-24)20(2)36(19)23-8-11-26(12-9-23)44-29-13-10-25(38(40)41)16-28(29)39(42)43/h3-16,27,31H,34H2,1-2H3/b22-15-/t27-,31+/m1/s1. The zero-order chi connectivity index (χ0) is 31.5. The Bertz CT molecular complexity index is 1920. The Balaban J connectivity index is 1.44. The maximum absolute atomic E-state index is 11.5. The second kappa shape index (κ2) is 11.9. The van der Waals surface area contributed by atoms with Gasteiger partial charge in [0.15, 0.2) is 0 Å². The molecule has 0 bridgehead atoms. The molecule has 2 atom stereocenters. The van der Waals surface area contributed by atoms with Crippen LogP contribution in [0.5, 0.6) is 11.5 Å². The fraction of sp³-hybridized carbons (Fsp3) is 0.129. The molecule has 13 nitrogen and oxygen atoms in total. The summed E-state index contributed by atoms with van der Waals surface area (Å²) in [6.45, 7) is 3.79. The first-order valence-electron chi connectivity index (χ1n) is 13.2. The summed E-state index contributed by atoms with van der Waals surface area (Å²) in [6.07, 6.45) is 0.934. The van der Waals surface area contributed by atoms with Gasteiger partial charge < -0.3 is 15.0 Å². The highest BCUT2D eigenvalue weighted by Crippen LogP contribution is 2.35. The van der Waals surface area contributed by atoms with Gasteiger partial charge in [-0.3, -0.25) is 20.2 Å². The second-order valence-corrected chi connectivity index (χ2v) is 9.86. The first kappa shape index (κ1) is 29.2. The number of non-ortho nitro benzene ring substituents is 1. The molecule has 0 unspecified atom stereocenters. The largest absolute Gasteiger partial charge is 0.450 e. The molecule has 0 saturated carbocycles. The van der Waals surface area contributed by atoms with Crippen LogP contribution in [0.1, 0.15) is 17.0 Å². The Kier molecular flexibility index (Phi) is 7.89. The van der Waals surface area contributed by atoms with E-state index in [0.717, 1.165) is 34.8 Å². The number of hydrogen-bond acceptors (Lipinski definition) is 10. The molecule has 1 aliphatic heterocycles. The van der Waals surface area contributed by atoms with E-state index in [1.807, 2.05) is 54.8 Å². The number of nitro groups is 2. The van der Waals surface area contributed by atoms with Crippen LogP contribution in [0.25, 0.3) is 11.8 Å². The van der Waals surface area contributed by atoms with E-state index in [4.69, 9.17) is 10.5 Å². The van der Waals surface area contributed by atoms with Gasteiger partial charge in [0.05, 0.1) is 39.0 Å². The van der Waals surface area contributed by atoms with Crippen LogP contribution in [-0.4, -0.2) is 26.3 Å². The molecule has 0 amide bonds. The van der Waals surface area contributed by atoms with Crippen molar-refractivity contribution in [2.45, 2.75) is 20.0 Å². The summed E-state index contributed by atoms with van der Waals surface area (Å²) in [5, 5.41) is 48.5. The minimum Gasteiger partial charge on any atom is -0.450 e. The molecular formula is C31H24N8O5. The number of anilines is 1. The molecule has 0 spiro atoms. The van der Waals surface area contributed by atoms with Crippen LogP contribution in [0.3, 0.4) is 0 Å². The van der Waals surface area contributed by atoms with Gasteiger partial charge in [-0.15, -0.1) is 0 Å². The maximum Gasteiger partial charge on any atom is 0.318 e. The summed E-state index contributed by atoms with van der Waals surface area (Å²) in [7, 11) is 0. The van der Waals surface area contributed by atoms with Crippen molar-refractivity contribution in [1.29, 1.82) is 10.5 Å². The van der Waals surface area contributed by atoms with Crippen molar-refractivity contribution in [1.82, 2.24) is 4.57 Å². The second-order valence-electron chi connectivity index (χ2n) is 9.86. The fourth-order valence-electron chi connectivity index (χ4n) is 5.01. The molecule has 0 fully saturated rings. The van der Waals surface area contributed by atoms with Gasteiger partial charge in [0.1, 0.15) is 23.9 Å². The van der Waals surface area contributed by atoms with Crippen molar-refractivity contribution in [3.63, 3.8) is 0 Å². The molecule has 1 aromatic heterocycles. The van der Waals surface area contributed by atoms with E-state index in [1.54, 1.807) is 35.4 Å². The van der Waals surface area contributed by atoms with E-state index in [1.165, 1.54) is 6.07 Å². The summed E-state index contributed by atoms with van der Waals surface area (Å²) >= 11 is 0. The number of allylic oxidation sites excluding steroid dienone is 1. The van der Waals surface area contributed by atoms with E-state index in [-0.39, 0.29) is 17.0 Å². The molecule has 4 aromatic rings. The van der Waals surface area contributed by atoms with Crippen LogP contribution in [0.4, 0.5) is 17.1 Å². The van der Waals surface area contributed by atoms with E-state index in [0.29, 0.717) is 11.4 Å². The average molecular weight is 589 g/mol. The highest BCUT2D eigenvalue weighted by Gasteiger charge is 2.37. The zero-order valence-electron chi connectivity index (χ0n) is 23.5. The van der Waals surface area contributed by atoms with E-state index < -0.39 is 33.3 Å². The third kappa shape index (κ3) is 5.46. The fourth-order valence-corrected chi connectivity index (χ4v) is 5.01. The first-order valence-corrected chi connectivity index (χ1v) is 13.2. The van der Waals surface area contributed by atoms with Crippen molar-refractivity contribution in [3.8, 4) is 29.3 Å². The summed E-state index contributed by atoms with van der Waals surface area (Å²) in [4.78, 5) is 21.0. The first-order chi connectivity index (χ1) is 21.1. The number of hydrazone groups is 1. The molecule has 1 aliphatic rings. The predicted molar refractivity (Wildman–Crippen MR) is 162 cm³/mol. The maximum atomic E-state index is 11.5. The number of benzene rings is 3. The van der Waals surface area contributed by atoms with E-state index in [9.17, 15) is 30.8 Å².